The minimum Gasteiger partial charge on any atom is -0.303 e. The lowest BCUT2D eigenvalue weighted by molar-refractivity contribution is 0.197. The molecule has 0 aromatic heterocycles. The average Bonchev–Trinajstić information content (AvgIpc) is 2.06. The summed E-state index contributed by atoms with van der Waals surface area (Å²) in [5.74, 6) is 0.760. The summed E-state index contributed by atoms with van der Waals surface area (Å²) in [5.41, 5.74) is 0. The van der Waals surface area contributed by atoms with Crippen LogP contribution in [0.5, 0.6) is 0 Å². The van der Waals surface area contributed by atoms with Gasteiger partial charge in [0.15, 0.2) is 0 Å². The van der Waals surface area contributed by atoms with Crippen molar-refractivity contribution in [3.05, 3.63) is 12.7 Å². The first-order valence-corrected chi connectivity index (χ1v) is 4.71. The zero-order chi connectivity index (χ0) is 8.10. The first-order chi connectivity index (χ1) is 5.36. The van der Waals surface area contributed by atoms with Crippen molar-refractivity contribution < 1.29 is 0 Å². The van der Waals surface area contributed by atoms with E-state index in [4.69, 9.17) is 0 Å². The highest BCUT2D eigenvalue weighted by molar-refractivity contribution is 4.84. The van der Waals surface area contributed by atoms with E-state index in [1.54, 1.807) is 0 Å². The zero-order valence-corrected chi connectivity index (χ0v) is 7.55. The monoisotopic (exact) mass is 153 g/mol. The van der Waals surface area contributed by atoms with Gasteiger partial charge in [-0.1, -0.05) is 13.0 Å². The second-order valence-corrected chi connectivity index (χ2v) is 3.44. The van der Waals surface area contributed by atoms with Gasteiger partial charge in [0.05, 0.1) is 0 Å². The lowest BCUT2D eigenvalue weighted by atomic mass is 9.98. The molecule has 1 atom stereocenters. The molecular formula is C10H19N. The minimum atomic E-state index is 0.760. The van der Waals surface area contributed by atoms with Crippen LogP contribution in [0, 0.1) is 5.92 Å². The maximum absolute atomic E-state index is 3.85. The Labute approximate surface area is 70.1 Å². The van der Waals surface area contributed by atoms with Crippen molar-refractivity contribution in [3.63, 3.8) is 0 Å². The van der Waals surface area contributed by atoms with Crippen molar-refractivity contribution in [2.75, 3.05) is 19.6 Å². The van der Waals surface area contributed by atoms with Crippen LogP contribution in [-0.4, -0.2) is 24.5 Å². The van der Waals surface area contributed by atoms with Crippen LogP contribution in [0.15, 0.2) is 12.7 Å². The molecule has 1 nitrogen and oxygen atoms in total. The van der Waals surface area contributed by atoms with Gasteiger partial charge in [0.2, 0.25) is 0 Å². The van der Waals surface area contributed by atoms with Crippen molar-refractivity contribution in [1.82, 2.24) is 4.90 Å². The predicted molar refractivity (Wildman–Crippen MR) is 49.7 cm³/mol. The molecule has 1 rings (SSSR count). The first kappa shape index (κ1) is 8.79. The van der Waals surface area contributed by atoms with Gasteiger partial charge in [-0.2, -0.15) is 0 Å². The van der Waals surface area contributed by atoms with Gasteiger partial charge in [-0.3, -0.25) is 0 Å². The summed E-state index contributed by atoms with van der Waals surface area (Å²) >= 11 is 0. The van der Waals surface area contributed by atoms with Crippen LogP contribution < -0.4 is 0 Å². The van der Waals surface area contributed by atoms with Crippen LogP contribution >= 0.6 is 0 Å². The highest BCUT2D eigenvalue weighted by Crippen LogP contribution is 2.16. The third-order valence-corrected chi connectivity index (χ3v) is 2.42. The van der Waals surface area contributed by atoms with Crippen LogP contribution in [0.3, 0.4) is 0 Å². The van der Waals surface area contributed by atoms with E-state index in [9.17, 15) is 0 Å². The Morgan fingerprint density at radius 3 is 3.09 bits per heavy atom. The third-order valence-electron chi connectivity index (χ3n) is 2.42. The summed E-state index contributed by atoms with van der Waals surface area (Å²) in [6, 6.07) is 0. The van der Waals surface area contributed by atoms with Gasteiger partial charge in [-0.05, 0) is 38.3 Å². The van der Waals surface area contributed by atoms with E-state index in [1.807, 2.05) is 0 Å². The Bertz CT molecular complexity index is 118. The van der Waals surface area contributed by atoms with Crippen molar-refractivity contribution >= 4 is 0 Å². The summed E-state index contributed by atoms with van der Waals surface area (Å²) in [7, 11) is 0. The first-order valence-electron chi connectivity index (χ1n) is 4.71. The number of nitrogens with zero attached hydrogens (tertiary/aromatic N) is 1. The van der Waals surface area contributed by atoms with Gasteiger partial charge < -0.3 is 4.90 Å². The van der Waals surface area contributed by atoms with Gasteiger partial charge in [0.1, 0.15) is 0 Å². The van der Waals surface area contributed by atoms with Gasteiger partial charge >= 0.3 is 0 Å². The van der Waals surface area contributed by atoms with E-state index in [-0.39, 0.29) is 0 Å². The van der Waals surface area contributed by atoms with Crippen molar-refractivity contribution in [1.29, 1.82) is 0 Å². The smallest absolute Gasteiger partial charge is 0.00442 e. The molecular weight excluding hydrogens is 134 g/mol. The third kappa shape index (κ3) is 2.66. The molecule has 1 aliphatic heterocycles. The Kier molecular flexibility index (Phi) is 3.64. The zero-order valence-electron chi connectivity index (χ0n) is 7.55. The summed E-state index contributed by atoms with van der Waals surface area (Å²) < 4.78 is 0. The van der Waals surface area contributed by atoms with Crippen LogP contribution in [0.4, 0.5) is 0 Å². The molecule has 0 aromatic carbocycles. The highest BCUT2D eigenvalue weighted by atomic mass is 15.1. The van der Waals surface area contributed by atoms with Crippen LogP contribution in [-0.2, 0) is 0 Å². The second kappa shape index (κ2) is 4.55. The van der Waals surface area contributed by atoms with Crippen molar-refractivity contribution in [2.24, 2.45) is 5.92 Å². The van der Waals surface area contributed by atoms with Crippen LogP contribution in [0.25, 0.3) is 0 Å². The minimum absolute atomic E-state index is 0.760. The molecule has 64 valence electrons. The molecule has 1 heteroatoms. The SMILES string of the molecule is C=CC1CCCN(CCC)C1. The fourth-order valence-corrected chi connectivity index (χ4v) is 1.80. The molecule has 0 saturated carbocycles. The number of hydrogen-bond donors (Lipinski definition) is 0. The Morgan fingerprint density at radius 1 is 1.64 bits per heavy atom. The molecule has 0 spiro atoms. The summed E-state index contributed by atoms with van der Waals surface area (Å²) in [5, 5.41) is 0. The molecule has 11 heavy (non-hydrogen) atoms. The lowest BCUT2D eigenvalue weighted by Gasteiger charge is -2.30. The molecule has 0 aliphatic carbocycles. The summed E-state index contributed by atoms with van der Waals surface area (Å²) in [4.78, 5) is 2.55. The molecule has 0 radical (unpaired) electrons. The number of piperidine rings is 1. The summed E-state index contributed by atoms with van der Waals surface area (Å²) in [6.45, 7) is 9.92. The van der Waals surface area contributed by atoms with Crippen molar-refractivity contribution in [3.8, 4) is 0 Å². The van der Waals surface area contributed by atoms with E-state index in [0.29, 0.717) is 0 Å². The normalized spacial score (nSPS) is 26.8. The highest BCUT2D eigenvalue weighted by Gasteiger charge is 2.15. The van der Waals surface area contributed by atoms with Gasteiger partial charge in [0.25, 0.3) is 0 Å². The fraction of sp³-hybridized carbons (Fsp3) is 0.800. The second-order valence-electron chi connectivity index (χ2n) is 3.44. The Morgan fingerprint density at radius 2 is 2.45 bits per heavy atom. The van der Waals surface area contributed by atoms with E-state index in [1.165, 1.54) is 38.9 Å². The molecule has 1 fully saturated rings. The average molecular weight is 153 g/mol. The van der Waals surface area contributed by atoms with E-state index >= 15 is 0 Å². The van der Waals surface area contributed by atoms with Gasteiger partial charge in [-0.15, -0.1) is 6.58 Å². The van der Waals surface area contributed by atoms with E-state index in [0.717, 1.165) is 5.92 Å². The van der Waals surface area contributed by atoms with E-state index < -0.39 is 0 Å². The quantitative estimate of drug-likeness (QED) is 0.562. The molecule has 1 aliphatic rings. The predicted octanol–water partition coefficient (Wildman–Crippen LogP) is 2.29. The number of likely N-dealkylation sites (tertiary alicyclic amines) is 1. The van der Waals surface area contributed by atoms with Gasteiger partial charge in [0, 0.05) is 6.54 Å². The molecule has 0 amide bonds. The lowest BCUT2D eigenvalue weighted by Crippen LogP contribution is -2.35. The fourth-order valence-electron chi connectivity index (χ4n) is 1.80. The molecule has 0 bridgehead atoms. The Hall–Kier alpha value is -0.300. The number of rotatable bonds is 3. The molecule has 1 heterocycles. The number of hydrogen-bond acceptors (Lipinski definition) is 1. The molecule has 1 unspecified atom stereocenters. The molecule has 1 saturated heterocycles. The molecule has 0 N–H and O–H groups in total. The topological polar surface area (TPSA) is 3.24 Å². The maximum atomic E-state index is 3.85. The van der Waals surface area contributed by atoms with Gasteiger partial charge in [-0.25, -0.2) is 0 Å². The molecule has 0 aromatic rings. The largest absolute Gasteiger partial charge is 0.303 e. The standard InChI is InChI=1S/C10H19N/c1-3-7-11-8-5-6-10(4-2)9-11/h4,10H,2-3,5-9H2,1H3. The maximum Gasteiger partial charge on any atom is 0.00442 e. The van der Waals surface area contributed by atoms with Crippen molar-refractivity contribution in [2.45, 2.75) is 26.2 Å². The summed E-state index contributed by atoms with van der Waals surface area (Å²) in [6.07, 6.45) is 6.10. The van der Waals surface area contributed by atoms with Crippen LogP contribution in [0.2, 0.25) is 0 Å². The van der Waals surface area contributed by atoms with E-state index in [2.05, 4.69) is 24.5 Å². The Balaban J connectivity index is 2.27. The van der Waals surface area contributed by atoms with Crippen LogP contribution in [0.1, 0.15) is 26.2 Å².